The molecule has 3 rings (SSSR count). The summed E-state index contributed by atoms with van der Waals surface area (Å²) in [5.74, 6) is -1.69. The zero-order valence-corrected chi connectivity index (χ0v) is 13.1. The van der Waals surface area contributed by atoms with E-state index < -0.39 is 21.7 Å². The molecule has 8 nitrogen and oxygen atoms in total. The molecule has 0 bridgehead atoms. The number of esters is 1. The Kier molecular flexibility index (Phi) is 3.57. The summed E-state index contributed by atoms with van der Waals surface area (Å²) < 4.78 is 35.5. The van der Waals surface area contributed by atoms with Crippen molar-refractivity contribution in [2.75, 3.05) is 16.6 Å². The Morgan fingerprint density at radius 3 is 2.86 bits per heavy atom. The molecule has 0 aromatic carbocycles. The lowest BCUT2D eigenvalue weighted by Crippen LogP contribution is -2.25. The van der Waals surface area contributed by atoms with Crippen LogP contribution in [0.25, 0.3) is 10.8 Å². The van der Waals surface area contributed by atoms with Gasteiger partial charge in [-0.05, 0) is 6.42 Å². The fourth-order valence-electron chi connectivity index (χ4n) is 2.14. The number of thiazole rings is 1. The van der Waals surface area contributed by atoms with E-state index in [1.54, 1.807) is 5.38 Å². The Bertz CT molecular complexity index is 809. The smallest absolute Gasteiger partial charge is 0.308 e. The number of rotatable bonds is 3. The van der Waals surface area contributed by atoms with Gasteiger partial charge in [-0.15, -0.1) is 11.3 Å². The van der Waals surface area contributed by atoms with Crippen LogP contribution in [0.15, 0.2) is 16.0 Å². The highest BCUT2D eigenvalue weighted by molar-refractivity contribution is 7.93. The number of hydrogen-bond acceptors (Lipinski definition) is 8. The van der Waals surface area contributed by atoms with Crippen LogP contribution >= 0.6 is 11.3 Å². The number of anilines is 1. The maximum atomic E-state index is 12.0. The second kappa shape index (κ2) is 5.29. The van der Waals surface area contributed by atoms with Crippen LogP contribution in [0.5, 0.6) is 11.5 Å². The number of hydrogen-bond donors (Lipinski definition) is 1. The first-order valence-corrected chi connectivity index (χ1v) is 8.83. The molecule has 22 heavy (non-hydrogen) atoms. The van der Waals surface area contributed by atoms with E-state index in [9.17, 15) is 18.3 Å². The highest BCUT2D eigenvalue weighted by atomic mass is 32.2. The molecule has 0 amide bonds. The summed E-state index contributed by atoms with van der Waals surface area (Å²) in [7, 11) is -3.55. The molecule has 1 aliphatic rings. The lowest BCUT2D eigenvalue weighted by atomic mass is 10.4. The first-order valence-electron chi connectivity index (χ1n) is 6.34. The molecular formula is C12H12N2O6S2. The maximum Gasteiger partial charge on any atom is 0.308 e. The van der Waals surface area contributed by atoms with Crippen LogP contribution in [0.4, 0.5) is 5.88 Å². The molecule has 2 aromatic heterocycles. The molecule has 1 aliphatic heterocycles. The average Bonchev–Trinajstić information content (AvgIpc) is 3.11. The van der Waals surface area contributed by atoms with Crippen molar-refractivity contribution in [3.8, 4) is 22.3 Å². The summed E-state index contributed by atoms with van der Waals surface area (Å²) in [6.45, 7) is 1.35. The van der Waals surface area contributed by atoms with Crippen molar-refractivity contribution in [2.24, 2.45) is 0 Å². The van der Waals surface area contributed by atoms with Crippen LogP contribution < -0.4 is 9.04 Å². The van der Waals surface area contributed by atoms with Gasteiger partial charge < -0.3 is 14.3 Å². The van der Waals surface area contributed by atoms with Gasteiger partial charge in [0.05, 0.1) is 5.75 Å². The monoisotopic (exact) mass is 344 g/mol. The second-order valence-corrected chi connectivity index (χ2v) is 7.49. The van der Waals surface area contributed by atoms with Gasteiger partial charge in [0.25, 0.3) is 5.88 Å². The van der Waals surface area contributed by atoms with Crippen LogP contribution in [0, 0.1) is 0 Å². The standard InChI is InChI=1S/C12H12N2O6S2/c1-7(15)19-10-8(16)9(11-13-3-5-21-11)20-12(10)14-4-2-6-22(14,17)18/h3,5,16H,2,4,6H2,1H3. The van der Waals surface area contributed by atoms with E-state index in [2.05, 4.69) is 4.98 Å². The average molecular weight is 344 g/mol. The number of aromatic nitrogens is 1. The van der Waals surface area contributed by atoms with E-state index in [-0.39, 0.29) is 29.7 Å². The number of carbonyl (C=O) groups excluding carboxylic acids is 1. The maximum absolute atomic E-state index is 12.0. The molecule has 0 spiro atoms. The molecule has 2 aromatic rings. The predicted octanol–water partition coefficient (Wildman–Crippen LogP) is 1.57. The zero-order valence-electron chi connectivity index (χ0n) is 11.5. The van der Waals surface area contributed by atoms with E-state index in [1.165, 1.54) is 17.5 Å². The summed E-state index contributed by atoms with van der Waals surface area (Å²) in [5.41, 5.74) is 0. The minimum Gasteiger partial charge on any atom is -0.501 e. The van der Waals surface area contributed by atoms with Crippen molar-refractivity contribution >= 4 is 33.2 Å². The summed E-state index contributed by atoms with van der Waals surface area (Å²) in [4.78, 5) is 15.2. The summed E-state index contributed by atoms with van der Waals surface area (Å²) in [5, 5.41) is 12.3. The number of sulfonamides is 1. The van der Waals surface area contributed by atoms with Crippen molar-refractivity contribution in [2.45, 2.75) is 13.3 Å². The summed E-state index contributed by atoms with van der Waals surface area (Å²) >= 11 is 1.20. The fourth-order valence-corrected chi connectivity index (χ4v) is 4.26. The van der Waals surface area contributed by atoms with Gasteiger partial charge >= 0.3 is 5.97 Å². The first kappa shape index (κ1) is 14.9. The lowest BCUT2D eigenvalue weighted by molar-refractivity contribution is -0.132. The van der Waals surface area contributed by atoms with Gasteiger partial charge in [0.1, 0.15) is 0 Å². The summed E-state index contributed by atoms with van der Waals surface area (Å²) in [6, 6.07) is 0. The largest absolute Gasteiger partial charge is 0.501 e. The van der Waals surface area contributed by atoms with Gasteiger partial charge in [0.2, 0.25) is 27.3 Å². The van der Waals surface area contributed by atoms with E-state index in [4.69, 9.17) is 9.15 Å². The number of ether oxygens (including phenoxy) is 1. The minimum absolute atomic E-state index is 0.0247. The van der Waals surface area contributed by atoms with Gasteiger partial charge in [0.15, 0.2) is 5.01 Å². The third-order valence-electron chi connectivity index (χ3n) is 3.02. The van der Waals surface area contributed by atoms with Crippen LogP contribution in [0.2, 0.25) is 0 Å². The number of furan rings is 1. The third kappa shape index (κ3) is 2.44. The van der Waals surface area contributed by atoms with Crippen LogP contribution in [-0.4, -0.2) is 36.8 Å². The normalized spacial score (nSPS) is 16.9. The third-order valence-corrected chi connectivity index (χ3v) is 5.62. The van der Waals surface area contributed by atoms with Crippen molar-refractivity contribution in [1.29, 1.82) is 0 Å². The van der Waals surface area contributed by atoms with Gasteiger partial charge in [0, 0.05) is 25.0 Å². The molecule has 1 saturated heterocycles. The number of carbonyl (C=O) groups is 1. The molecule has 0 saturated carbocycles. The molecule has 1 N–H and O–H groups in total. The van der Waals surface area contributed by atoms with Gasteiger partial charge in [-0.3, -0.25) is 4.79 Å². The number of aromatic hydroxyl groups is 1. The summed E-state index contributed by atoms with van der Waals surface area (Å²) in [6.07, 6.45) is 1.94. The van der Waals surface area contributed by atoms with E-state index in [1.807, 2.05) is 0 Å². The molecule has 10 heteroatoms. The van der Waals surface area contributed by atoms with Gasteiger partial charge in [-0.1, -0.05) is 0 Å². The van der Waals surface area contributed by atoms with Crippen molar-refractivity contribution in [3.05, 3.63) is 11.6 Å². The van der Waals surface area contributed by atoms with Gasteiger partial charge in [-0.25, -0.2) is 17.7 Å². The highest BCUT2D eigenvalue weighted by Gasteiger charge is 2.37. The van der Waals surface area contributed by atoms with Crippen LogP contribution in [-0.2, 0) is 14.8 Å². The highest BCUT2D eigenvalue weighted by Crippen LogP contribution is 2.49. The predicted molar refractivity (Wildman–Crippen MR) is 78.5 cm³/mol. The molecular weight excluding hydrogens is 332 g/mol. The Hall–Kier alpha value is -2.07. The van der Waals surface area contributed by atoms with E-state index in [0.29, 0.717) is 11.4 Å². The SMILES string of the molecule is CC(=O)Oc1c(N2CCCS2(=O)=O)oc(-c2nccs2)c1O. The Morgan fingerprint density at radius 1 is 1.55 bits per heavy atom. The molecule has 1 fully saturated rings. The van der Waals surface area contributed by atoms with Crippen molar-refractivity contribution < 1.29 is 27.5 Å². The van der Waals surface area contributed by atoms with Crippen LogP contribution in [0.1, 0.15) is 13.3 Å². The Labute approximate surface area is 130 Å². The number of nitrogens with zero attached hydrogens (tertiary/aromatic N) is 2. The minimum atomic E-state index is -3.55. The lowest BCUT2D eigenvalue weighted by Gasteiger charge is -2.14. The molecule has 0 radical (unpaired) electrons. The van der Waals surface area contributed by atoms with Crippen molar-refractivity contribution in [3.63, 3.8) is 0 Å². The first-order chi connectivity index (χ1) is 10.4. The van der Waals surface area contributed by atoms with Crippen molar-refractivity contribution in [1.82, 2.24) is 4.98 Å². The molecule has 0 unspecified atom stereocenters. The fraction of sp³-hybridized carbons (Fsp3) is 0.333. The zero-order chi connectivity index (χ0) is 15.9. The second-order valence-electron chi connectivity index (χ2n) is 4.59. The van der Waals surface area contributed by atoms with Crippen LogP contribution in [0.3, 0.4) is 0 Å². The Morgan fingerprint density at radius 2 is 2.32 bits per heavy atom. The van der Waals surface area contributed by atoms with Gasteiger partial charge in [-0.2, -0.15) is 0 Å². The molecule has 118 valence electrons. The van der Waals surface area contributed by atoms with E-state index in [0.717, 1.165) is 11.2 Å². The Balaban J connectivity index is 2.16. The quantitative estimate of drug-likeness (QED) is 0.842. The topological polar surface area (TPSA) is 110 Å². The van der Waals surface area contributed by atoms with E-state index >= 15 is 0 Å². The molecule has 0 aliphatic carbocycles. The molecule has 3 heterocycles. The molecule has 0 atom stereocenters.